The molecule has 5 heteroatoms. The average molecular weight is 323 g/mol. The SMILES string of the molecule is Cc1c(Cl)cccc1NC(=O)NCCc1ccc(Cl)cc1. The van der Waals surface area contributed by atoms with Gasteiger partial charge in [-0.25, -0.2) is 4.79 Å². The molecule has 0 unspecified atom stereocenters. The second-order valence-electron chi connectivity index (χ2n) is 4.67. The lowest BCUT2D eigenvalue weighted by Gasteiger charge is -2.10. The highest BCUT2D eigenvalue weighted by atomic mass is 35.5. The van der Waals surface area contributed by atoms with E-state index in [9.17, 15) is 4.79 Å². The van der Waals surface area contributed by atoms with Crippen LogP contribution in [0.5, 0.6) is 0 Å². The van der Waals surface area contributed by atoms with Gasteiger partial charge in [0.25, 0.3) is 0 Å². The molecule has 0 atom stereocenters. The summed E-state index contributed by atoms with van der Waals surface area (Å²) in [6.45, 7) is 2.42. The minimum absolute atomic E-state index is 0.241. The summed E-state index contributed by atoms with van der Waals surface area (Å²) in [5.41, 5.74) is 2.69. The highest BCUT2D eigenvalue weighted by Gasteiger charge is 2.06. The molecule has 21 heavy (non-hydrogen) atoms. The zero-order valence-corrected chi connectivity index (χ0v) is 13.1. The summed E-state index contributed by atoms with van der Waals surface area (Å²) in [6, 6.07) is 12.7. The van der Waals surface area contributed by atoms with Gasteiger partial charge in [0.15, 0.2) is 0 Å². The summed E-state index contributed by atoms with van der Waals surface area (Å²) in [4.78, 5) is 11.8. The van der Waals surface area contributed by atoms with Gasteiger partial charge in [-0.2, -0.15) is 0 Å². The number of urea groups is 1. The maximum atomic E-state index is 11.8. The second kappa shape index (κ2) is 7.34. The predicted octanol–water partition coefficient (Wildman–Crippen LogP) is 4.67. The summed E-state index contributed by atoms with van der Waals surface area (Å²) in [6.07, 6.45) is 0.749. The van der Waals surface area contributed by atoms with Crippen LogP contribution in [0.4, 0.5) is 10.5 Å². The van der Waals surface area contributed by atoms with E-state index in [2.05, 4.69) is 10.6 Å². The van der Waals surface area contributed by atoms with Gasteiger partial charge in [-0.15, -0.1) is 0 Å². The fraction of sp³-hybridized carbons (Fsp3) is 0.188. The molecular formula is C16H16Cl2N2O. The molecule has 2 aromatic rings. The topological polar surface area (TPSA) is 41.1 Å². The summed E-state index contributed by atoms with van der Waals surface area (Å²) in [5, 5.41) is 6.95. The van der Waals surface area contributed by atoms with Crippen LogP contribution in [0.2, 0.25) is 10.0 Å². The molecule has 2 rings (SSSR count). The van der Waals surface area contributed by atoms with Crippen LogP contribution in [-0.2, 0) is 6.42 Å². The average Bonchev–Trinajstić information content (AvgIpc) is 2.46. The summed E-state index contributed by atoms with van der Waals surface area (Å²) in [7, 11) is 0. The standard InChI is InChI=1S/C16H16Cl2N2O/c1-11-14(18)3-2-4-15(11)20-16(21)19-10-9-12-5-7-13(17)8-6-12/h2-8H,9-10H2,1H3,(H2,19,20,21). The first-order valence-electron chi connectivity index (χ1n) is 6.60. The van der Waals surface area contributed by atoms with Crippen LogP contribution in [0, 0.1) is 6.92 Å². The Balaban J connectivity index is 1.82. The van der Waals surface area contributed by atoms with Gasteiger partial charge >= 0.3 is 6.03 Å². The molecule has 0 radical (unpaired) electrons. The van der Waals surface area contributed by atoms with E-state index >= 15 is 0 Å². The molecule has 0 saturated heterocycles. The van der Waals surface area contributed by atoms with E-state index in [0.29, 0.717) is 22.3 Å². The summed E-state index contributed by atoms with van der Waals surface area (Å²) in [5.74, 6) is 0. The lowest BCUT2D eigenvalue weighted by molar-refractivity contribution is 0.252. The molecule has 2 aromatic carbocycles. The highest BCUT2D eigenvalue weighted by Crippen LogP contribution is 2.22. The Labute approximate surface area is 134 Å². The van der Waals surface area contributed by atoms with E-state index in [-0.39, 0.29) is 6.03 Å². The van der Waals surface area contributed by atoms with Gasteiger partial charge in [0.05, 0.1) is 0 Å². The zero-order valence-electron chi connectivity index (χ0n) is 11.6. The Morgan fingerprint density at radius 1 is 1.10 bits per heavy atom. The number of hydrogen-bond donors (Lipinski definition) is 2. The first-order valence-corrected chi connectivity index (χ1v) is 7.36. The number of halogens is 2. The third-order valence-electron chi connectivity index (χ3n) is 3.13. The van der Waals surface area contributed by atoms with E-state index in [1.165, 1.54) is 0 Å². The maximum Gasteiger partial charge on any atom is 0.319 e. The molecule has 0 aliphatic rings. The highest BCUT2D eigenvalue weighted by molar-refractivity contribution is 6.31. The van der Waals surface area contributed by atoms with Crippen LogP contribution in [-0.4, -0.2) is 12.6 Å². The van der Waals surface area contributed by atoms with Crippen molar-refractivity contribution in [3.05, 3.63) is 63.6 Å². The monoisotopic (exact) mass is 322 g/mol. The largest absolute Gasteiger partial charge is 0.338 e. The Hall–Kier alpha value is -1.71. The number of rotatable bonds is 4. The van der Waals surface area contributed by atoms with E-state index in [1.807, 2.05) is 37.3 Å². The van der Waals surface area contributed by atoms with Crippen LogP contribution < -0.4 is 10.6 Å². The first kappa shape index (κ1) is 15.7. The fourth-order valence-electron chi connectivity index (χ4n) is 1.88. The number of anilines is 1. The minimum atomic E-state index is -0.241. The van der Waals surface area contributed by atoms with Crippen molar-refractivity contribution in [2.75, 3.05) is 11.9 Å². The molecule has 110 valence electrons. The van der Waals surface area contributed by atoms with Crippen molar-refractivity contribution in [3.8, 4) is 0 Å². The number of carbonyl (C=O) groups excluding carboxylic acids is 1. The van der Waals surface area contributed by atoms with Crippen LogP contribution in [0.3, 0.4) is 0 Å². The molecule has 0 heterocycles. The number of nitrogens with one attached hydrogen (secondary N) is 2. The molecule has 0 saturated carbocycles. The van der Waals surface area contributed by atoms with Crippen molar-refractivity contribution in [2.24, 2.45) is 0 Å². The van der Waals surface area contributed by atoms with Crippen LogP contribution in [0.15, 0.2) is 42.5 Å². The van der Waals surface area contributed by atoms with Gasteiger partial charge in [0.1, 0.15) is 0 Å². The van der Waals surface area contributed by atoms with E-state index < -0.39 is 0 Å². The molecule has 0 aliphatic carbocycles. The zero-order chi connectivity index (χ0) is 15.2. The van der Waals surface area contributed by atoms with Crippen molar-refractivity contribution < 1.29 is 4.79 Å². The van der Waals surface area contributed by atoms with Crippen LogP contribution in [0.1, 0.15) is 11.1 Å². The predicted molar refractivity (Wildman–Crippen MR) is 88.4 cm³/mol. The summed E-state index contributed by atoms with van der Waals surface area (Å²) < 4.78 is 0. The number of benzene rings is 2. The Morgan fingerprint density at radius 3 is 2.52 bits per heavy atom. The molecule has 0 aliphatic heterocycles. The molecular weight excluding hydrogens is 307 g/mol. The molecule has 0 spiro atoms. The minimum Gasteiger partial charge on any atom is -0.338 e. The van der Waals surface area contributed by atoms with E-state index in [1.54, 1.807) is 12.1 Å². The second-order valence-corrected chi connectivity index (χ2v) is 5.51. The van der Waals surface area contributed by atoms with E-state index in [4.69, 9.17) is 23.2 Å². The molecule has 0 aromatic heterocycles. The van der Waals surface area contributed by atoms with E-state index in [0.717, 1.165) is 17.5 Å². The molecule has 0 fully saturated rings. The summed E-state index contributed by atoms with van der Waals surface area (Å²) >= 11 is 11.8. The fourth-order valence-corrected chi connectivity index (χ4v) is 2.18. The quantitative estimate of drug-likeness (QED) is 0.844. The smallest absolute Gasteiger partial charge is 0.319 e. The van der Waals surface area contributed by atoms with Crippen molar-refractivity contribution in [2.45, 2.75) is 13.3 Å². The van der Waals surface area contributed by atoms with Gasteiger partial charge in [0, 0.05) is 22.3 Å². The third-order valence-corrected chi connectivity index (χ3v) is 3.79. The molecule has 2 amide bonds. The molecule has 2 N–H and O–H groups in total. The number of amides is 2. The van der Waals surface area contributed by atoms with Gasteiger partial charge in [-0.3, -0.25) is 0 Å². The van der Waals surface area contributed by atoms with Crippen molar-refractivity contribution in [1.82, 2.24) is 5.32 Å². The van der Waals surface area contributed by atoms with Crippen LogP contribution >= 0.6 is 23.2 Å². The Bertz CT molecular complexity index is 627. The molecule has 3 nitrogen and oxygen atoms in total. The normalized spacial score (nSPS) is 10.2. The van der Waals surface area contributed by atoms with Gasteiger partial charge in [-0.05, 0) is 48.7 Å². The van der Waals surface area contributed by atoms with Gasteiger partial charge in [0.2, 0.25) is 0 Å². The van der Waals surface area contributed by atoms with Gasteiger partial charge < -0.3 is 10.6 Å². The number of carbonyl (C=O) groups is 1. The van der Waals surface area contributed by atoms with Gasteiger partial charge in [-0.1, -0.05) is 41.4 Å². The Kier molecular flexibility index (Phi) is 5.48. The Morgan fingerprint density at radius 2 is 1.81 bits per heavy atom. The molecule has 0 bridgehead atoms. The van der Waals surface area contributed by atoms with Crippen molar-refractivity contribution >= 4 is 34.9 Å². The third kappa shape index (κ3) is 4.66. The maximum absolute atomic E-state index is 11.8. The first-order chi connectivity index (χ1) is 10.1. The van der Waals surface area contributed by atoms with Crippen molar-refractivity contribution in [3.63, 3.8) is 0 Å². The van der Waals surface area contributed by atoms with Crippen LogP contribution in [0.25, 0.3) is 0 Å². The number of hydrogen-bond acceptors (Lipinski definition) is 1. The lowest BCUT2D eigenvalue weighted by Crippen LogP contribution is -2.30. The lowest BCUT2D eigenvalue weighted by atomic mass is 10.1. The van der Waals surface area contributed by atoms with Crippen molar-refractivity contribution in [1.29, 1.82) is 0 Å².